The van der Waals surface area contributed by atoms with Crippen molar-refractivity contribution in [2.75, 3.05) is 27.2 Å². The van der Waals surface area contributed by atoms with E-state index in [4.69, 9.17) is 0 Å². The molecule has 0 bridgehead atoms. The number of rotatable bonds is 5. The van der Waals surface area contributed by atoms with Crippen molar-refractivity contribution in [2.24, 2.45) is 0 Å². The Labute approximate surface area is 199 Å². The summed E-state index contributed by atoms with van der Waals surface area (Å²) < 4.78 is 2.48. The van der Waals surface area contributed by atoms with E-state index >= 15 is 0 Å². The zero-order valence-corrected chi connectivity index (χ0v) is 20.1. The van der Waals surface area contributed by atoms with Crippen LogP contribution in [0.1, 0.15) is 47.5 Å². The molecule has 1 fully saturated rings. The van der Waals surface area contributed by atoms with Crippen LogP contribution in [0.2, 0.25) is 0 Å². The van der Waals surface area contributed by atoms with E-state index in [1.165, 1.54) is 29.1 Å². The summed E-state index contributed by atoms with van der Waals surface area (Å²) in [6, 6.07) is 10.7. The van der Waals surface area contributed by atoms with E-state index in [1.807, 2.05) is 13.0 Å². The molecule has 0 radical (unpaired) electrons. The lowest BCUT2D eigenvalue weighted by molar-refractivity contribution is 0.0695. The molecule has 3 aromatic rings. The predicted molar refractivity (Wildman–Crippen MR) is 133 cm³/mol. The van der Waals surface area contributed by atoms with Crippen molar-refractivity contribution in [3.8, 4) is 11.3 Å². The first-order valence-corrected chi connectivity index (χ1v) is 11.4. The smallest absolute Gasteiger partial charge is 0.341 e. The van der Waals surface area contributed by atoms with Gasteiger partial charge in [-0.25, -0.2) is 4.79 Å². The van der Waals surface area contributed by atoms with Gasteiger partial charge in [-0.15, -0.1) is 12.4 Å². The maximum Gasteiger partial charge on any atom is 0.341 e. The molecule has 7 nitrogen and oxygen atoms in total. The van der Waals surface area contributed by atoms with Gasteiger partial charge in [0, 0.05) is 30.4 Å². The highest BCUT2D eigenvalue weighted by atomic mass is 35.5. The molecule has 1 aromatic carbocycles. The lowest BCUT2D eigenvalue weighted by atomic mass is 10.0. The van der Waals surface area contributed by atoms with Gasteiger partial charge in [0.25, 0.3) is 5.56 Å². The number of carboxylic acid groups (broad SMARTS) is 1. The number of benzene rings is 1. The summed E-state index contributed by atoms with van der Waals surface area (Å²) in [7, 11) is 4.32. The number of nitrogens with zero attached hydrogens (tertiary/aromatic N) is 3. The molecule has 1 saturated heterocycles. The number of nitrogens with one attached hydrogen (secondary N) is 1. The Morgan fingerprint density at radius 1 is 1.21 bits per heavy atom. The number of hydrogen-bond acceptors (Lipinski definition) is 4. The molecule has 0 spiro atoms. The third-order valence-electron chi connectivity index (χ3n) is 7.25. The van der Waals surface area contributed by atoms with E-state index in [1.54, 1.807) is 0 Å². The number of halogens is 1. The molecular formula is C25H31ClN4O3. The van der Waals surface area contributed by atoms with E-state index in [0.29, 0.717) is 24.3 Å². The molecule has 2 N–H and O–H groups in total. The lowest BCUT2D eigenvalue weighted by Crippen LogP contribution is -2.34. The van der Waals surface area contributed by atoms with Crippen LogP contribution in [0.4, 0.5) is 0 Å². The lowest BCUT2D eigenvalue weighted by Gasteiger charge is -2.28. The van der Waals surface area contributed by atoms with Crippen LogP contribution in [0.15, 0.2) is 35.1 Å². The fourth-order valence-electron chi connectivity index (χ4n) is 5.46. The van der Waals surface area contributed by atoms with Crippen molar-refractivity contribution in [1.82, 2.24) is 19.4 Å². The van der Waals surface area contributed by atoms with Crippen LogP contribution >= 0.6 is 12.4 Å². The highest BCUT2D eigenvalue weighted by Crippen LogP contribution is 2.38. The number of carbonyl (C=O) groups is 1. The number of likely N-dealkylation sites (N-methyl/N-ethyl adjacent to an activating group) is 1. The Hall–Kier alpha value is -2.61. The van der Waals surface area contributed by atoms with Crippen LogP contribution in [0.5, 0.6) is 0 Å². The summed E-state index contributed by atoms with van der Waals surface area (Å²) in [5.41, 5.74) is 4.24. The van der Waals surface area contributed by atoms with Crippen molar-refractivity contribution in [3.63, 3.8) is 0 Å². The summed E-state index contributed by atoms with van der Waals surface area (Å²) in [6.07, 6.45) is 4.39. The first kappa shape index (κ1) is 23.5. The molecule has 8 heteroatoms. The summed E-state index contributed by atoms with van der Waals surface area (Å²) in [5, 5.41) is 10.5. The molecule has 2 aromatic heterocycles. The topological polar surface area (TPSA) is 81.6 Å². The molecule has 2 unspecified atom stereocenters. The van der Waals surface area contributed by atoms with Crippen molar-refractivity contribution in [3.05, 3.63) is 57.5 Å². The summed E-state index contributed by atoms with van der Waals surface area (Å²) in [5.74, 6) is -1.20. The van der Waals surface area contributed by atoms with Crippen LogP contribution in [0.3, 0.4) is 0 Å². The summed E-state index contributed by atoms with van der Waals surface area (Å²) >= 11 is 0. The first-order valence-electron chi connectivity index (χ1n) is 11.4. The average Bonchev–Trinajstić information content (AvgIpc) is 3.48. The molecule has 4 heterocycles. The van der Waals surface area contributed by atoms with Crippen LogP contribution in [0.25, 0.3) is 22.2 Å². The van der Waals surface area contributed by atoms with Crippen molar-refractivity contribution in [2.45, 2.75) is 44.8 Å². The molecular weight excluding hydrogens is 440 g/mol. The van der Waals surface area contributed by atoms with E-state index in [-0.39, 0.29) is 18.0 Å². The minimum Gasteiger partial charge on any atom is -0.477 e. The largest absolute Gasteiger partial charge is 0.477 e. The molecule has 2 aliphatic heterocycles. The number of likely N-dealkylation sites (tertiary alicyclic amines) is 1. The summed E-state index contributed by atoms with van der Waals surface area (Å²) in [6.45, 7) is 4.16. The van der Waals surface area contributed by atoms with Crippen LogP contribution < -0.4 is 5.56 Å². The van der Waals surface area contributed by atoms with Gasteiger partial charge in [0.2, 0.25) is 0 Å². The molecule has 2 atom stereocenters. The summed E-state index contributed by atoms with van der Waals surface area (Å²) in [4.78, 5) is 31.6. The van der Waals surface area contributed by atoms with E-state index in [2.05, 4.69) is 51.6 Å². The number of H-pyrrole nitrogens is 1. The Bertz CT molecular complexity index is 1260. The number of hydrogen-bond donors (Lipinski definition) is 2. The highest BCUT2D eigenvalue weighted by molar-refractivity contribution is 5.89. The van der Waals surface area contributed by atoms with Gasteiger partial charge in [-0.2, -0.15) is 0 Å². The zero-order chi connectivity index (χ0) is 22.6. The van der Waals surface area contributed by atoms with Gasteiger partial charge in [-0.05, 0) is 68.9 Å². The Balaban J connectivity index is 0.00000259. The maximum absolute atomic E-state index is 12.4. The molecule has 176 valence electrons. The van der Waals surface area contributed by atoms with Gasteiger partial charge in [-0.3, -0.25) is 9.69 Å². The maximum atomic E-state index is 12.4. The van der Waals surface area contributed by atoms with Gasteiger partial charge < -0.3 is 19.6 Å². The number of aromatic nitrogens is 2. The Morgan fingerprint density at radius 3 is 2.67 bits per heavy atom. The third-order valence-corrected chi connectivity index (χ3v) is 7.25. The van der Waals surface area contributed by atoms with E-state index in [0.717, 1.165) is 37.1 Å². The van der Waals surface area contributed by atoms with Crippen molar-refractivity contribution in [1.29, 1.82) is 0 Å². The second kappa shape index (κ2) is 8.97. The van der Waals surface area contributed by atoms with Gasteiger partial charge in [0.05, 0.1) is 17.4 Å². The standard InChI is InChI=1S/C25H30N4O3.ClH/c1-4-15-12-20(25(31)32)24(30)26-23(15)17-6-5-16-11-18-7-8-22(29(18)21(16)13-17)28-10-9-19(14-28)27(2)3;/h5-6,11-13,19,22H,4,7-10,14H2,1-3H3,(H,26,30)(H,31,32);1H. The number of aryl methyl sites for hydroxylation is 2. The molecule has 0 amide bonds. The molecule has 0 saturated carbocycles. The van der Waals surface area contributed by atoms with Gasteiger partial charge in [0.1, 0.15) is 5.56 Å². The minimum absolute atomic E-state index is 0. The fourth-order valence-corrected chi connectivity index (χ4v) is 5.46. The Morgan fingerprint density at radius 2 is 2.00 bits per heavy atom. The number of carboxylic acids is 1. The third kappa shape index (κ3) is 3.98. The minimum atomic E-state index is -1.20. The van der Waals surface area contributed by atoms with Gasteiger partial charge >= 0.3 is 5.97 Å². The molecule has 2 aliphatic rings. The van der Waals surface area contributed by atoms with Crippen molar-refractivity contribution < 1.29 is 9.90 Å². The second-order valence-electron chi connectivity index (χ2n) is 9.27. The normalized spacial score (nSPS) is 20.4. The predicted octanol–water partition coefficient (Wildman–Crippen LogP) is 3.76. The number of fused-ring (bicyclic) bond motifs is 3. The first-order chi connectivity index (χ1) is 15.4. The van der Waals surface area contributed by atoms with Gasteiger partial charge in [0.15, 0.2) is 0 Å². The Kier molecular flexibility index (Phi) is 6.40. The second-order valence-corrected chi connectivity index (χ2v) is 9.27. The zero-order valence-electron chi connectivity index (χ0n) is 19.3. The van der Waals surface area contributed by atoms with E-state index < -0.39 is 11.5 Å². The van der Waals surface area contributed by atoms with E-state index in [9.17, 15) is 14.7 Å². The monoisotopic (exact) mass is 470 g/mol. The van der Waals surface area contributed by atoms with Crippen LogP contribution in [-0.4, -0.2) is 63.7 Å². The van der Waals surface area contributed by atoms with Crippen molar-refractivity contribution >= 4 is 29.3 Å². The fraction of sp³-hybridized carbons (Fsp3) is 0.440. The van der Waals surface area contributed by atoms with Crippen LogP contribution in [0, 0.1) is 0 Å². The SMILES string of the molecule is CCc1cc(C(=O)O)c(=O)[nH]c1-c1ccc2cc3n(c2c1)C(N1CCC(N(C)C)C1)CC3.Cl. The number of pyridine rings is 1. The van der Waals surface area contributed by atoms with Crippen LogP contribution in [-0.2, 0) is 12.8 Å². The highest BCUT2D eigenvalue weighted by Gasteiger charge is 2.34. The molecule has 33 heavy (non-hydrogen) atoms. The number of aromatic amines is 1. The average molecular weight is 471 g/mol. The number of aromatic carboxylic acids is 1. The quantitative estimate of drug-likeness (QED) is 0.593. The molecule has 5 rings (SSSR count). The molecule has 0 aliphatic carbocycles. The van der Waals surface area contributed by atoms with Gasteiger partial charge in [-0.1, -0.05) is 19.1 Å².